The first-order valence-electron chi connectivity index (χ1n) is 6.16. The van der Waals surface area contributed by atoms with E-state index in [0.717, 1.165) is 29.5 Å². The molecule has 2 heterocycles. The zero-order valence-electron chi connectivity index (χ0n) is 10.9. The fourth-order valence-electron chi connectivity index (χ4n) is 1.70. The number of pyridine rings is 1. The summed E-state index contributed by atoms with van der Waals surface area (Å²) in [6, 6.07) is 6.03. The number of hydrogen-bond acceptors (Lipinski definition) is 5. The molecule has 2 aromatic rings. The molecule has 0 saturated carbocycles. The van der Waals surface area contributed by atoms with E-state index in [9.17, 15) is 0 Å². The van der Waals surface area contributed by atoms with Crippen LogP contribution in [-0.2, 0) is 6.54 Å². The van der Waals surface area contributed by atoms with Crippen LogP contribution < -0.4 is 0 Å². The third-order valence-corrected chi connectivity index (χ3v) is 3.54. The third-order valence-electron chi connectivity index (χ3n) is 2.57. The van der Waals surface area contributed by atoms with Crippen molar-refractivity contribution in [3.63, 3.8) is 0 Å². The number of nitriles is 1. The van der Waals surface area contributed by atoms with Crippen molar-refractivity contribution >= 4 is 11.8 Å². The van der Waals surface area contributed by atoms with E-state index in [-0.39, 0.29) is 5.25 Å². The van der Waals surface area contributed by atoms with Gasteiger partial charge in [-0.1, -0.05) is 18.7 Å². The van der Waals surface area contributed by atoms with Gasteiger partial charge in [0.1, 0.15) is 0 Å². The van der Waals surface area contributed by atoms with Crippen LogP contribution in [0.2, 0.25) is 0 Å². The van der Waals surface area contributed by atoms with E-state index in [1.807, 2.05) is 19.1 Å². The zero-order valence-corrected chi connectivity index (χ0v) is 11.8. The van der Waals surface area contributed by atoms with Crippen LogP contribution >= 0.6 is 11.8 Å². The summed E-state index contributed by atoms with van der Waals surface area (Å²) >= 11 is 1.44. The van der Waals surface area contributed by atoms with Gasteiger partial charge in [0.15, 0.2) is 11.0 Å². The highest BCUT2D eigenvalue weighted by Gasteiger charge is 2.15. The molecule has 2 aromatic heterocycles. The summed E-state index contributed by atoms with van der Waals surface area (Å²) in [4.78, 5) is 4.01. The van der Waals surface area contributed by atoms with Crippen LogP contribution in [0.1, 0.15) is 20.3 Å². The van der Waals surface area contributed by atoms with E-state index in [1.54, 1.807) is 12.4 Å². The average molecular weight is 273 g/mol. The number of hydrogen-bond donors (Lipinski definition) is 0. The second-order valence-corrected chi connectivity index (χ2v) is 5.39. The molecule has 1 atom stereocenters. The van der Waals surface area contributed by atoms with E-state index in [0.29, 0.717) is 0 Å². The van der Waals surface area contributed by atoms with Gasteiger partial charge < -0.3 is 4.57 Å². The van der Waals surface area contributed by atoms with Crippen LogP contribution in [0.15, 0.2) is 29.7 Å². The molecule has 6 heteroatoms. The highest BCUT2D eigenvalue weighted by molar-refractivity contribution is 8.00. The SMILES string of the molecule is CCCn1c(S[C@@H](C)C#N)nnc1-c1ccncc1. The smallest absolute Gasteiger partial charge is 0.192 e. The summed E-state index contributed by atoms with van der Waals surface area (Å²) in [6.07, 6.45) is 4.47. The number of aromatic nitrogens is 4. The minimum Gasteiger partial charge on any atom is -0.302 e. The van der Waals surface area contributed by atoms with E-state index in [4.69, 9.17) is 5.26 Å². The quantitative estimate of drug-likeness (QED) is 0.784. The Morgan fingerprint density at radius 3 is 2.74 bits per heavy atom. The summed E-state index contributed by atoms with van der Waals surface area (Å²) in [5.41, 5.74) is 0.993. The third kappa shape index (κ3) is 3.12. The largest absolute Gasteiger partial charge is 0.302 e. The lowest BCUT2D eigenvalue weighted by Crippen LogP contribution is -2.03. The molecule has 0 aliphatic rings. The van der Waals surface area contributed by atoms with Gasteiger partial charge in [-0.05, 0) is 25.5 Å². The van der Waals surface area contributed by atoms with Crippen molar-refractivity contribution in [2.75, 3.05) is 0 Å². The molecule has 98 valence electrons. The molecule has 0 fully saturated rings. The molecular weight excluding hydrogens is 258 g/mol. The predicted octanol–water partition coefficient (Wildman–Crippen LogP) is 2.75. The Bertz CT molecular complexity index is 572. The highest BCUT2D eigenvalue weighted by atomic mass is 32.2. The van der Waals surface area contributed by atoms with E-state index in [1.165, 1.54) is 11.8 Å². The van der Waals surface area contributed by atoms with Crippen LogP contribution in [0, 0.1) is 11.3 Å². The van der Waals surface area contributed by atoms with Gasteiger partial charge in [0.25, 0.3) is 0 Å². The Morgan fingerprint density at radius 1 is 1.37 bits per heavy atom. The lowest BCUT2D eigenvalue weighted by Gasteiger charge is -2.09. The average Bonchev–Trinajstić information content (AvgIpc) is 2.83. The van der Waals surface area contributed by atoms with Crippen molar-refractivity contribution in [2.24, 2.45) is 0 Å². The van der Waals surface area contributed by atoms with Crippen molar-refractivity contribution in [3.05, 3.63) is 24.5 Å². The van der Waals surface area contributed by atoms with Gasteiger partial charge >= 0.3 is 0 Å². The van der Waals surface area contributed by atoms with Crippen LogP contribution in [0.25, 0.3) is 11.4 Å². The lowest BCUT2D eigenvalue weighted by molar-refractivity contribution is 0.626. The van der Waals surface area contributed by atoms with Crippen molar-refractivity contribution in [1.29, 1.82) is 5.26 Å². The minimum absolute atomic E-state index is 0.134. The molecule has 0 spiro atoms. The summed E-state index contributed by atoms with van der Waals surface area (Å²) in [5, 5.41) is 18.0. The zero-order chi connectivity index (χ0) is 13.7. The summed E-state index contributed by atoms with van der Waals surface area (Å²) < 4.78 is 2.06. The van der Waals surface area contributed by atoms with Gasteiger partial charge in [0.2, 0.25) is 0 Å². The maximum atomic E-state index is 8.90. The highest BCUT2D eigenvalue weighted by Crippen LogP contribution is 2.26. The van der Waals surface area contributed by atoms with E-state index < -0.39 is 0 Å². The van der Waals surface area contributed by atoms with Crippen LogP contribution in [0.4, 0.5) is 0 Å². The van der Waals surface area contributed by atoms with Gasteiger partial charge in [-0.15, -0.1) is 10.2 Å². The Morgan fingerprint density at radius 2 is 2.11 bits per heavy atom. The van der Waals surface area contributed by atoms with E-state index >= 15 is 0 Å². The number of thioether (sulfide) groups is 1. The van der Waals surface area contributed by atoms with Gasteiger partial charge in [0.05, 0.1) is 11.3 Å². The molecule has 0 saturated heterocycles. The Balaban J connectivity index is 2.37. The molecule has 0 amide bonds. The molecule has 0 aliphatic heterocycles. The lowest BCUT2D eigenvalue weighted by atomic mass is 10.2. The molecule has 0 aromatic carbocycles. The monoisotopic (exact) mass is 273 g/mol. The first-order valence-corrected chi connectivity index (χ1v) is 7.04. The van der Waals surface area contributed by atoms with Crippen molar-refractivity contribution in [1.82, 2.24) is 19.7 Å². The molecule has 0 radical (unpaired) electrons. The Kier molecular flexibility index (Phi) is 4.53. The predicted molar refractivity (Wildman–Crippen MR) is 74.5 cm³/mol. The number of rotatable bonds is 5. The summed E-state index contributed by atoms with van der Waals surface area (Å²) in [5.74, 6) is 0.830. The standard InChI is InChI=1S/C13H15N5S/c1-3-8-18-12(11-4-6-15-7-5-11)16-17-13(18)19-10(2)9-14/h4-7,10H,3,8H2,1-2H3/t10-/m0/s1. The fraction of sp³-hybridized carbons (Fsp3) is 0.385. The molecule has 19 heavy (non-hydrogen) atoms. The molecule has 0 unspecified atom stereocenters. The van der Waals surface area contributed by atoms with Crippen molar-refractivity contribution in [3.8, 4) is 17.5 Å². The van der Waals surface area contributed by atoms with E-state index in [2.05, 4.69) is 32.7 Å². The molecule has 0 aliphatic carbocycles. The second kappa shape index (κ2) is 6.34. The topological polar surface area (TPSA) is 67.4 Å². The second-order valence-electron chi connectivity index (χ2n) is 4.08. The van der Waals surface area contributed by atoms with Gasteiger partial charge in [-0.3, -0.25) is 4.98 Å². The first-order chi connectivity index (χ1) is 9.26. The Hall–Kier alpha value is -1.87. The maximum absolute atomic E-state index is 8.90. The first kappa shape index (κ1) is 13.6. The van der Waals surface area contributed by atoms with Crippen LogP contribution in [-0.4, -0.2) is 25.0 Å². The van der Waals surface area contributed by atoms with Gasteiger partial charge in [-0.2, -0.15) is 5.26 Å². The van der Waals surface area contributed by atoms with Crippen LogP contribution in [0.5, 0.6) is 0 Å². The van der Waals surface area contributed by atoms with Gasteiger partial charge in [-0.25, -0.2) is 0 Å². The maximum Gasteiger partial charge on any atom is 0.192 e. The van der Waals surface area contributed by atoms with Crippen LogP contribution in [0.3, 0.4) is 0 Å². The van der Waals surface area contributed by atoms with Crippen molar-refractivity contribution < 1.29 is 0 Å². The molecule has 5 nitrogen and oxygen atoms in total. The summed E-state index contributed by atoms with van der Waals surface area (Å²) in [6.45, 7) is 4.81. The normalized spacial score (nSPS) is 12.1. The fourth-order valence-corrected chi connectivity index (χ4v) is 2.46. The molecule has 0 bridgehead atoms. The minimum atomic E-state index is -0.134. The summed E-state index contributed by atoms with van der Waals surface area (Å²) in [7, 11) is 0. The molecular formula is C13H15N5S. The van der Waals surface area contributed by atoms with Gasteiger partial charge in [0, 0.05) is 24.5 Å². The number of nitrogens with zero attached hydrogens (tertiary/aromatic N) is 5. The molecule has 0 N–H and O–H groups in total. The Labute approximate surface area is 116 Å². The van der Waals surface area contributed by atoms with Crippen molar-refractivity contribution in [2.45, 2.75) is 37.2 Å². The molecule has 2 rings (SSSR count).